The number of aryl methyl sites for hydroxylation is 1. The highest BCUT2D eigenvalue weighted by Crippen LogP contribution is 2.32. The molecule has 1 aliphatic rings. The van der Waals surface area contributed by atoms with E-state index in [4.69, 9.17) is 0 Å². The van der Waals surface area contributed by atoms with Crippen LogP contribution in [0.2, 0.25) is 0 Å². The van der Waals surface area contributed by atoms with Crippen molar-refractivity contribution < 1.29 is 18.8 Å². The highest BCUT2D eigenvalue weighted by atomic mass is 32.2. The number of imide groups is 1. The summed E-state index contributed by atoms with van der Waals surface area (Å²) in [5.41, 5.74) is 2.22. The predicted molar refractivity (Wildman–Crippen MR) is 107 cm³/mol. The Morgan fingerprint density at radius 3 is 2.71 bits per heavy atom. The summed E-state index contributed by atoms with van der Waals surface area (Å²) in [7, 11) is 0. The molecule has 3 amide bonds. The maximum absolute atomic E-state index is 13.7. The molecule has 0 atom stereocenters. The zero-order chi connectivity index (χ0) is 20.1. The Morgan fingerprint density at radius 2 is 1.96 bits per heavy atom. The first-order valence-electron chi connectivity index (χ1n) is 8.76. The normalized spacial score (nSPS) is 15.4. The Kier molecular flexibility index (Phi) is 6.26. The van der Waals surface area contributed by atoms with E-state index in [1.54, 1.807) is 12.1 Å². The molecule has 0 saturated carbocycles. The largest absolute Gasteiger partial charge is 0.354 e. The van der Waals surface area contributed by atoms with Crippen molar-refractivity contribution in [1.29, 1.82) is 0 Å². The summed E-state index contributed by atoms with van der Waals surface area (Å²) in [6.45, 7) is 2.19. The molecule has 1 heterocycles. The van der Waals surface area contributed by atoms with Crippen LogP contribution in [0.4, 0.5) is 9.18 Å². The van der Waals surface area contributed by atoms with Crippen molar-refractivity contribution in [3.8, 4) is 0 Å². The molecule has 1 saturated heterocycles. The van der Waals surface area contributed by atoms with Gasteiger partial charge in [-0.3, -0.25) is 19.3 Å². The molecular formula is C21H19FN2O3S. The van der Waals surface area contributed by atoms with Crippen LogP contribution in [0.25, 0.3) is 6.08 Å². The fourth-order valence-electron chi connectivity index (χ4n) is 2.80. The Labute approximate surface area is 166 Å². The minimum atomic E-state index is -0.480. The van der Waals surface area contributed by atoms with Crippen molar-refractivity contribution in [1.82, 2.24) is 10.2 Å². The summed E-state index contributed by atoms with van der Waals surface area (Å²) < 4.78 is 13.7. The summed E-state index contributed by atoms with van der Waals surface area (Å²) >= 11 is 0.768. The Bertz CT molecular complexity index is 958. The van der Waals surface area contributed by atoms with Crippen LogP contribution in [0, 0.1) is 12.7 Å². The molecule has 3 rings (SSSR count). The average Bonchev–Trinajstić information content (AvgIpc) is 2.91. The number of carbonyl (C=O) groups excluding carboxylic acids is 3. The van der Waals surface area contributed by atoms with Gasteiger partial charge in [0.1, 0.15) is 5.82 Å². The maximum atomic E-state index is 13.7. The van der Waals surface area contributed by atoms with Gasteiger partial charge >= 0.3 is 0 Å². The van der Waals surface area contributed by atoms with Gasteiger partial charge in [-0.2, -0.15) is 0 Å². The molecule has 7 heteroatoms. The third-order valence-electron chi connectivity index (χ3n) is 4.17. The molecule has 0 aromatic heterocycles. The fraction of sp³-hybridized carbons (Fsp3) is 0.190. The Balaban J connectivity index is 1.55. The highest BCUT2D eigenvalue weighted by molar-refractivity contribution is 8.18. The lowest BCUT2D eigenvalue weighted by Crippen LogP contribution is -2.37. The van der Waals surface area contributed by atoms with Gasteiger partial charge in [0.05, 0.1) is 11.3 Å². The molecule has 0 radical (unpaired) electrons. The first-order chi connectivity index (χ1) is 13.4. The highest BCUT2D eigenvalue weighted by Gasteiger charge is 2.34. The molecule has 0 spiro atoms. The predicted octanol–water partition coefficient (Wildman–Crippen LogP) is 3.53. The number of nitrogens with zero attached hydrogens (tertiary/aromatic N) is 1. The van der Waals surface area contributed by atoms with E-state index in [0.29, 0.717) is 0 Å². The van der Waals surface area contributed by atoms with E-state index >= 15 is 0 Å². The third-order valence-corrected chi connectivity index (χ3v) is 5.08. The number of hydrogen-bond donors (Lipinski definition) is 1. The summed E-state index contributed by atoms with van der Waals surface area (Å²) in [5, 5.41) is 2.29. The molecule has 144 valence electrons. The van der Waals surface area contributed by atoms with Crippen molar-refractivity contribution in [3.05, 3.63) is 75.9 Å². The number of carbonyl (C=O) groups is 3. The molecule has 5 nitrogen and oxygen atoms in total. The van der Waals surface area contributed by atoms with Gasteiger partial charge in [0.15, 0.2) is 0 Å². The lowest BCUT2D eigenvalue weighted by Gasteiger charge is -2.13. The van der Waals surface area contributed by atoms with Gasteiger partial charge in [0, 0.05) is 18.7 Å². The Morgan fingerprint density at radius 1 is 1.18 bits per heavy atom. The SMILES string of the molecule is Cc1cccc(CC(=O)NCCN2C(=O)S/C(=C\c3ccccc3F)C2=O)c1. The monoisotopic (exact) mass is 398 g/mol. The summed E-state index contributed by atoms with van der Waals surface area (Å²) in [4.78, 5) is 37.8. The quantitative estimate of drug-likeness (QED) is 0.756. The molecule has 2 aromatic carbocycles. The van der Waals surface area contributed by atoms with Crippen LogP contribution in [0.15, 0.2) is 53.4 Å². The van der Waals surface area contributed by atoms with E-state index in [1.165, 1.54) is 18.2 Å². The van der Waals surface area contributed by atoms with Crippen molar-refractivity contribution in [3.63, 3.8) is 0 Å². The van der Waals surface area contributed by atoms with Crippen LogP contribution in [0.5, 0.6) is 0 Å². The molecule has 2 aromatic rings. The van der Waals surface area contributed by atoms with Crippen LogP contribution in [-0.2, 0) is 16.0 Å². The van der Waals surface area contributed by atoms with Gasteiger partial charge in [-0.25, -0.2) is 4.39 Å². The zero-order valence-corrected chi connectivity index (χ0v) is 16.1. The molecule has 0 aliphatic carbocycles. The molecular weight excluding hydrogens is 379 g/mol. The minimum Gasteiger partial charge on any atom is -0.354 e. The standard InChI is InChI=1S/C21H19FN2O3S/c1-14-5-4-6-15(11-14)12-19(25)23-9-10-24-20(26)18(28-21(24)27)13-16-7-2-3-8-17(16)22/h2-8,11,13H,9-10,12H2,1H3,(H,23,25)/b18-13-. The van der Waals surface area contributed by atoms with E-state index in [2.05, 4.69) is 5.32 Å². The molecule has 28 heavy (non-hydrogen) atoms. The maximum Gasteiger partial charge on any atom is 0.293 e. The van der Waals surface area contributed by atoms with Crippen molar-refractivity contribution >= 4 is 34.9 Å². The lowest BCUT2D eigenvalue weighted by molar-refractivity contribution is -0.124. The van der Waals surface area contributed by atoms with Crippen molar-refractivity contribution in [2.45, 2.75) is 13.3 Å². The number of rotatable bonds is 6. The molecule has 1 N–H and O–H groups in total. The van der Waals surface area contributed by atoms with E-state index < -0.39 is 17.0 Å². The second-order valence-corrected chi connectivity index (χ2v) is 7.36. The zero-order valence-electron chi connectivity index (χ0n) is 15.3. The fourth-order valence-corrected chi connectivity index (χ4v) is 3.66. The number of halogens is 1. The lowest BCUT2D eigenvalue weighted by atomic mass is 10.1. The van der Waals surface area contributed by atoms with Gasteiger partial charge in [-0.1, -0.05) is 48.0 Å². The first-order valence-corrected chi connectivity index (χ1v) is 9.58. The number of hydrogen-bond acceptors (Lipinski definition) is 4. The molecule has 1 fully saturated rings. The van der Waals surface area contributed by atoms with Crippen LogP contribution in [0.3, 0.4) is 0 Å². The smallest absolute Gasteiger partial charge is 0.293 e. The van der Waals surface area contributed by atoms with Gasteiger partial charge in [-0.15, -0.1) is 0 Å². The van der Waals surface area contributed by atoms with E-state index in [0.717, 1.165) is 27.8 Å². The number of benzene rings is 2. The average molecular weight is 398 g/mol. The second-order valence-electron chi connectivity index (χ2n) is 6.37. The van der Waals surface area contributed by atoms with Gasteiger partial charge < -0.3 is 5.32 Å². The van der Waals surface area contributed by atoms with Crippen molar-refractivity contribution in [2.24, 2.45) is 0 Å². The third kappa shape index (κ3) is 4.86. The minimum absolute atomic E-state index is 0.0683. The Hall–Kier alpha value is -2.93. The topological polar surface area (TPSA) is 66.5 Å². The second kappa shape index (κ2) is 8.84. The molecule has 0 unspecified atom stereocenters. The van der Waals surface area contributed by atoms with E-state index in [-0.39, 0.29) is 35.9 Å². The molecule has 0 bridgehead atoms. The van der Waals surface area contributed by atoms with Gasteiger partial charge in [0.2, 0.25) is 5.91 Å². The number of amides is 3. The van der Waals surface area contributed by atoms with Crippen LogP contribution in [0.1, 0.15) is 16.7 Å². The van der Waals surface area contributed by atoms with Crippen LogP contribution in [-0.4, -0.2) is 35.0 Å². The number of nitrogens with one attached hydrogen (secondary N) is 1. The van der Waals surface area contributed by atoms with E-state index in [9.17, 15) is 18.8 Å². The molecule has 1 aliphatic heterocycles. The van der Waals surface area contributed by atoms with Crippen LogP contribution < -0.4 is 5.32 Å². The van der Waals surface area contributed by atoms with Crippen molar-refractivity contribution in [2.75, 3.05) is 13.1 Å². The summed E-state index contributed by atoms with van der Waals surface area (Å²) in [6, 6.07) is 13.7. The van der Waals surface area contributed by atoms with Gasteiger partial charge in [0.25, 0.3) is 11.1 Å². The van der Waals surface area contributed by atoms with Gasteiger partial charge in [-0.05, 0) is 36.4 Å². The first kappa shape index (κ1) is 19.8. The summed E-state index contributed by atoms with van der Waals surface area (Å²) in [6.07, 6.45) is 1.60. The number of thioether (sulfide) groups is 1. The van der Waals surface area contributed by atoms with Crippen LogP contribution >= 0.6 is 11.8 Å². The van der Waals surface area contributed by atoms with E-state index in [1.807, 2.05) is 31.2 Å². The summed E-state index contributed by atoms with van der Waals surface area (Å²) in [5.74, 6) is -1.12.